The number of nitrogens with zero attached hydrogens (tertiary/aromatic N) is 1. The first-order chi connectivity index (χ1) is 4.74. The van der Waals surface area contributed by atoms with Gasteiger partial charge in [0.05, 0.1) is 5.02 Å². The van der Waals surface area contributed by atoms with Gasteiger partial charge < -0.3 is 5.73 Å². The van der Waals surface area contributed by atoms with Crippen LogP contribution in [0.2, 0.25) is 5.02 Å². The van der Waals surface area contributed by atoms with Crippen molar-refractivity contribution in [3.63, 3.8) is 0 Å². The van der Waals surface area contributed by atoms with Crippen molar-refractivity contribution >= 4 is 27.5 Å². The largest absolute Gasteiger partial charge is 0.326 e. The molecule has 0 unspecified atom stereocenters. The number of aromatic nitrogens is 1. The summed E-state index contributed by atoms with van der Waals surface area (Å²) in [7, 11) is 0. The lowest BCUT2D eigenvalue weighted by molar-refractivity contribution is 1.03. The van der Waals surface area contributed by atoms with Crippen LogP contribution in [0.4, 0.5) is 0 Å². The fourth-order valence-corrected chi connectivity index (χ4v) is 1.17. The number of halogens is 2. The van der Waals surface area contributed by atoms with E-state index in [-0.39, 0.29) is 0 Å². The lowest BCUT2D eigenvalue weighted by atomic mass is 10.3. The van der Waals surface area contributed by atoms with Gasteiger partial charge in [0.25, 0.3) is 0 Å². The highest BCUT2D eigenvalue weighted by Gasteiger charge is 1.98. The normalized spacial score (nSPS) is 9.90. The Kier molecular flexibility index (Phi) is 2.65. The molecule has 0 radical (unpaired) electrons. The van der Waals surface area contributed by atoms with E-state index in [0.717, 1.165) is 10.2 Å². The summed E-state index contributed by atoms with van der Waals surface area (Å²) in [6.07, 6.45) is 1.57. The molecule has 0 aliphatic heterocycles. The predicted octanol–water partition coefficient (Wildman–Crippen LogP) is 1.96. The number of pyridine rings is 1. The van der Waals surface area contributed by atoms with Crippen LogP contribution in [0.5, 0.6) is 0 Å². The molecule has 1 aromatic rings. The quantitative estimate of drug-likeness (QED) is 0.736. The van der Waals surface area contributed by atoms with Gasteiger partial charge in [-0.2, -0.15) is 0 Å². The van der Waals surface area contributed by atoms with Crippen molar-refractivity contribution in [2.45, 2.75) is 6.54 Å². The Morgan fingerprint density at radius 1 is 1.70 bits per heavy atom. The molecule has 2 N–H and O–H groups in total. The van der Waals surface area contributed by atoms with E-state index in [1.54, 1.807) is 12.3 Å². The molecule has 0 saturated heterocycles. The second-order valence-electron chi connectivity index (χ2n) is 1.81. The summed E-state index contributed by atoms with van der Waals surface area (Å²) >= 11 is 8.90. The van der Waals surface area contributed by atoms with Crippen molar-refractivity contribution in [2.24, 2.45) is 5.73 Å². The lowest BCUT2D eigenvalue weighted by Gasteiger charge is -1.98. The maximum absolute atomic E-state index is 5.66. The first-order valence-corrected chi connectivity index (χ1v) is 3.91. The summed E-state index contributed by atoms with van der Waals surface area (Å²) < 4.78 is 0.763. The van der Waals surface area contributed by atoms with E-state index >= 15 is 0 Å². The highest BCUT2D eigenvalue weighted by Crippen LogP contribution is 2.16. The second kappa shape index (κ2) is 3.32. The molecule has 0 bridgehead atoms. The summed E-state index contributed by atoms with van der Waals surface area (Å²) in [5, 5.41) is 0.614. The molecule has 1 rings (SSSR count). The zero-order valence-corrected chi connectivity index (χ0v) is 7.48. The maximum Gasteiger partial charge on any atom is 0.110 e. The van der Waals surface area contributed by atoms with Gasteiger partial charge in [0, 0.05) is 12.7 Å². The summed E-state index contributed by atoms with van der Waals surface area (Å²) in [6, 6.07) is 1.79. The summed E-state index contributed by atoms with van der Waals surface area (Å²) in [4.78, 5) is 3.95. The van der Waals surface area contributed by atoms with Crippen LogP contribution in [0.25, 0.3) is 0 Å². The number of hydrogen-bond acceptors (Lipinski definition) is 2. The topological polar surface area (TPSA) is 38.9 Å². The molecule has 0 spiro atoms. The lowest BCUT2D eigenvalue weighted by Crippen LogP contribution is -1.98. The Morgan fingerprint density at radius 3 is 2.90 bits per heavy atom. The molecule has 4 heteroatoms. The van der Waals surface area contributed by atoms with Gasteiger partial charge >= 0.3 is 0 Å². The minimum absolute atomic E-state index is 0.453. The van der Waals surface area contributed by atoms with Gasteiger partial charge in [-0.25, -0.2) is 4.98 Å². The van der Waals surface area contributed by atoms with E-state index in [1.165, 1.54) is 0 Å². The van der Waals surface area contributed by atoms with Crippen LogP contribution in [0.1, 0.15) is 5.56 Å². The first-order valence-electron chi connectivity index (χ1n) is 2.74. The third-order valence-electron chi connectivity index (χ3n) is 1.10. The van der Waals surface area contributed by atoms with Crippen LogP contribution in [0.3, 0.4) is 0 Å². The molecule has 0 aliphatic carbocycles. The van der Waals surface area contributed by atoms with Crippen molar-refractivity contribution < 1.29 is 0 Å². The van der Waals surface area contributed by atoms with Crippen molar-refractivity contribution in [3.05, 3.63) is 27.5 Å². The standard InChI is InChI=1S/C6H6BrClN2/c7-6-4(2-9)1-5(8)3-10-6/h1,3H,2,9H2. The van der Waals surface area contributed by atoms with E-state index in [2.05, 4.69) is 20.9 Å². The monoisotopic (exact) mass is 220 g/mol. The van der Waals surface area contributed by atoms with Crippen LogP contribution in [-0.2, 0) is 6.54 Å². The fraction of sp³-hybridized carbons (Fsp3) is 0.167. The molecule has 0 fully saturated rings. The van der Waals surface area contributed by atoms with E-state index in [0.29, 0.717) is 11.6 Å². The van der Waals surface area contributed by atoms with Crippen LogP contribution < -0.4 is 5.73 Å². The van der Waals surface area contributed by atoms with Crippen LogP contribution in [-0.4, -0.2) is 4.98 Å². The molecule has 10 heavy (non-hydrogen) atoms. The third kappa shape index (κ3) is 1.68. The highest BCUT2D eigenvalue weighted by molar-refractivity contribution is 9.10. The zero-order chi connectivity index (χ0) is 7.56. The Hall–Kier alpha value is -0.120. The van der Waals surface area contributed by atoms with Gasteiger partial charge in [0.15, 0.2) is 0 Å². The van der Waals surface area contributed by atoms with E-state index in [1.807, 2.05) is 0 Å². The van der Waals surface area contributed by atoms with Gasteiger partial charge in [0.1, 0.15) is 4.60 Å². The molecule has 2 nitrogen and oxygen atoms in total. The predicted molar refractivity (Wildman–Crippen MR) is 44.8 cm³/mol. The van der Waals surface area contributed by atoms with Crippen LogP contribution in [0.15, 0.2) is 16.9 Å². The summed E-state index contributed by atoms with van der Waals surface area (Å²) in [5.74, 6) is 0. The van der Waals surface area contributed by atoms with Gasteiger partial charge in [-0.1, -0.05) is 11.6 Å². The molecular formula is C6H6BrClN2. The Labute approximate surface area is 72.5 Å². The van der Waals surface area contributed by atoms with Crippen molar-refractivity contribution in [2.75, 3.05) is 0 Å². The van der Waals surface area contributed by atoms with Crippen LogP contribution >= 0.6 is 27.5 Å². The third-order valence-corrected chi connectivity index (χ3v) is 2.02. The van der Waals surface area contributed by atoms with Gasteiger partial charge in [0.2, 0.25) is 0 Å². The number of rotatable bonds is 1. The average molecular weight is 221 g/mol. The van der Waals surface area contributed by atoms with Crippen LogP contribution in [0, 0.1) is 0 Å². The van der Waals surface area contributed by atoms with Crippen molar-refractivity contribution in [1.29, 1.82) is 0 Å². The molecule has 0 atom stereocenters. The Bertz CT molecular complexity index is 239. The smallest absolute Gasteiger partial charge is 0.110 e. The number of nitrogens with two attached hydrogens (primary N) is 1. The average Bonchev–Trinajstić information content (AvgIpc) is 1.94. The second-order valence-corrected chi connectivity index (χ2v) is 3.00. The van der Waals surface area contributed by atoms with Crippen molar-refractivity contribution in [3.8, 4) is 0 Å². The molecule has 0 aliphatic rings. The van der Waals surface area contributed by atoms with Gasteiger partial charge in [-0.15, -0.1) is 0 Å². The molecule has 0 aromatic carbocycles. The zero-order valence-electron chi connectivity index (χ0n) is 5.14. The molecule has 1 heterocycles. The highest BCUT2D eigenvalue weighted by atomic mass is 79.9. The summed E-state index contributed by atoms with van der Waals surface area (Å²) in [6.45, 7) is 0.453. The SMILES string of the molecule is NCc1cc(Cl)cnc1Br. The van der Waals surface area contributed by atoms with Gasteiger partial charge in [-0.3, -0.25) is 0 Å². The minimum Gasteiger partial charge on any atom is -0.326 e. The molecule has 1 aromatic heterocycles. The van der Waals surface area contributed by atoms with E-state index < -0.39 is 0 Å². The fourth-order valence-electron chi connectivity index (χ4n) is 0.608. The molecule has 0 amide bonds. The first kappa shape index (κ1) is 7.98. The number of hydrogen-bond donors (Lipinski definition) is 1. The van der Waals surface area contributed by atoms with Gasteiger partial charge in [-0.05, 0) is 27.6 Å². The molecular weight excluding hydrogens is 215 g/mol. The molecule has 54 valence electrons. The Morgan fingerprint density at radius 2 is 2.40 bits per heavy atom. The Balaban J connectivity index is 3.09. The van der Waals surface area contributed by atoms with E-state index in [4.69, 9.17) is 17.3 Å². The minimum atomic E-state index is 0.453. The maximum atomic E-state index is 5.66. The summed E-state index contributed by atoms with van der Waals surface area (Å²) in [5.41, 5.74) is 6.31. The van der Waals surface area contributed by atoms with Crippen molar-refractivity contribution in [1.82, 2.24) is 4.98 Å². The molecule has 0 saturated carbocycles. The van der Waals surface area contributed by atoms with E-state index in [9.17, 15) is 0 Å².